The van der Waals surface area contributed by atoms with Gasteiger partial charge in [0.15, 0.2) is 17.5 Å². The lowest BCUT2D eigenvalue weighted by Gasteiger charge is -2.55. The predicted molar refractivity (Wildman–Crippen MR) is 187 cm³/mol. The van der Waals surface area contributed by atoms with Crippen LogP contribution >= 0.6 is 0 Å². The molecule has 0 spiro atoms. The van der Waals surface area contributed by atoms with E-state index in [1.807, 2.05) is 19.9 Å². The first-order valence-electron chi connectivity index (χ1n) is 18.4. The minimum Gasteiger partial charge on any atom is -0.496 e. The van der Waals surface area contributed by atoms with Crippen molar-refractivity contribution in [3.05, 3.63) is 59.6 Å². The molecule has 5 fully saturated rings. The molecule has 2 aromatic heterocycles. The third-order valence-corrected chi connectivity index (χ3v) is 12.2. The van der Waals surface area contributed by atoms with Crippen molar-refractivity contribution in [3.8, 4) is 16.9 Å². The smallest absolute Gasteiger partial charge is 0.410 e. The van der Waals surface area contributed by atoms with E-state index in [-0.39, 0.29) is 53.4 Å². The van der Waals surface area contributed by atoms with E-state index in [9.17, 15) is 14.7 Å². The summed E-state index contributed by atoms with van der Waals surface area (Å²) >= 11 is 0. The van der Waals surface area contributed by atoms with Gasteiger partial charge in [-0.05, 0) is 113 Å². The Hall–Kier alpha value is -4.06. The van der Waals surface area contributed by atoms with E-state index in [1.54, 1.807) is 18.0 Å². The Balaban J connectivity index is 1.14. The van der Waals surface area contributed by atoms with Crippen molar-refractivity contribution in [3.63, 3.8) is 0 Å². The molecule has 1 saturated heterocycles. The number of nitrogens with zero attached hydrogens (tertiary/aromatic N) is 5. The number of benzene rings is 1. The summed E-state index contributed by atoms with van der Waals surface area (Å²) in [6.45, 7) is 6.77. The van der Waals surface area contributed by atoms with E-state index in [2.05, 4.69) is 29.1 Å². The normalized spacial score (nSPS) is 26.2. The van der Waals surface area contributed by atoms with Gasteiger partial charge in [-0.3, -0.25) is 14.4 Å². The van der Waals surface area contributed by atoms with Crippen molar-refractivity contribution in [1.82, 2.24) is 19.7 Å². The molecule has 0 unspecified atom stereocenters. The zero-order valence-electron chi connectivity index (χ0n) is 30.0. The number of β-amino-alcohol motifs (C(OH)–C–C–N with tert-alkyl or cyclic N) is 1. The average molecular weight is 706 g/mol. The lowest BCUT2D eigenvalue weighted by Crippen LogP contribution is -2.54. The second-order valence-corrected chi connectivity index (χ2v) is 15.7. The molecule has 4 saturated carbocycles. The second kappa shape index (κ2) is 13.8. The number of aliphatic hydroxyl groups excluding tert-OH is 1. The maximum atomic E-state index is 16.7. The third kappa shape index (κ3) is 6.71. The van der Waals surface area contributed by atoms with E-state index in [0.717, 1.165) is 56.0 Å². The third-order valence-electron chi connectivity index (χ3n) is 12.2. The molecule has 0 atom stereocenters. The number of pyridine rings is 1. The van der Waals surface area contributed by atoms with Crippen LogP contribution in [0.2, 0.25) is 0 Å². The molecule has 1 aromatic carbocycles. The minimum absolute atomic E-state index is 0.00168. The highest BCUT2D eigenvalue weighted by molar-refractivity contribution is 5.95. The molecule has 51 heavy (non-hydrogen) atoms. The number of hydrogen-bond acceptors (Lipinski definition) is 7. The molecule has 2 bridgehead atoms. The van der Waals surface area contributed by atoms with Crippen molar-refractivity contribution >= 4 is 17.8 Å². The number of likely N-dealkylation sites (tertiary alicyclic amines) is 1. The summed E-state index contributed by atoms with van der Waals surface area (Å²) in [7, 11) is 1.69. The Bertz CT molecular complexity index is 1760. The Morgan fingerprint density at radius 1 is 1.04 bits per heavy atom. The van der Waals surface area contributed by atoms with Gasteiger partial charge >= 0.3 is 6.09 Å². The van der Waals surface area contributed by atoms with Gasteiger partial charge in [-0.15, -0.1) is 0 Å². The number of rotatable bonds is 9. The second-order valence-electron chi connectivity index (χ2n) is 15.7. The Kier molecular flexibility index (Phi) is 9.58. The van der Waals surface area contributed by atoms with Gasteiger partial charge in [-0.1, -0.05) is 12.1 Å². The number of halogens is 2. The topological polar surface area (TPSA) is 110 Å². The fourth-order valence-corrected chi connectivity index (χ4v) is 8.86. The zero-order valence-corrected chi connectivity index (χ0v) is 30.0. The number of aliphatic hydroxyl groups is 1. The van der Waals surface area contributed by atoms with Crippen LogP contribution in [0.3, 0.4) is 0 Å². The van der Waals surface area contributed by atoms with Crippen LogP contribution in [-0.4, -0.2) is 75.7 Å². The molecule has 12 heteroatoms. The number of aryl methyl sites for hydroxylation is 1. The minimum atomic E-state index is -0.864. The highest BCUT2D eigenvalue weighted by Crippen LogP contribution is 2.58. The number of methoxy groups -OCH3 is 1. The highest BCUT2D eigenvalue weighted by Gasteiger charge is 2.51. The molecule has 1 N–H and O–H groups in total. The summed E-state index contributed by atoms with van der Waals surface area (Å²) < 4.78 is 44.9. The Morgan fingerprint density at radius 2 is 1.73 bits per heavy atom. The van der Waals surface area contributed by atoms with Crippen LogP contribution in [0.1, 0.15) is 95.2 Å². The standard InChI is InChI=1S/C39H49F2N5O5/c1-24(2)46-20-27(18-43-46)33-31(40)19-42-35(34(33)41)45(36(48)26-5-8-30(9-6-26)51-37(49)44-21-29(47)22-44)23-38-11-14-39(15-12-38,16-13-38)28-7-10-32(50-4)25(3)17-28/h7,10,17-20,24,26,29-30,47H,5-6,8-9,11-16,21-23H2,1-4H3/t26-,30-,38?,39?. The fraction of sp³-hybridized carbons (Fsp3) is 0.590. The van der Waals surface area contributed by atoms with Crippen molar-refractivity contribution in [2.75, 3.05) is 31.6 Å². The molecule has 3 aromatic rings. The van der Waals surface area contributed by atoms with Crippen molar-refractivity contribution in [2.45, 2.75) is 109 Å². The summed E-state index contributed by atoms with van der Waals surface area (Å²) in [5, 5.41) is 13.9. The highest BCUT2D eigenvalue weighted by atomic mass is 19.1. The van der Waals surface area contributed by atoms with Gasteiger partial charge < -0.3 is 19.5 Å². The van der Waals surface area contributed by atoms with Crippen LogP contribution in [0.5, 0.6) is 5.75 Å². The first-order chi connectivity index (χ1) is 24.4. The van der Waals surface area contributed by atoms with Gasteiger partial charge in [0.25, 0.3) is 0 Å². The van der Waals surface area contributed by atoms with Crippen LogP contribution in [0, 0.1) is 29.9 Å². The zero-order chi connectivity index (χ0) is 36.1. The van der Waals surface area contributed by atoms with Gasteiger partial charge in [0.1, 0.15) is 11.9 Å². The lowest BCUT2D eigenvalue weighted by atomic mass is 9.51. The van der Waals surface area contributed by atoms with E-state index in [1.165, 1.54) is 21.6 Å². The summed E-state index contributed by atoms with van der Waals surface area (Å²) in [4.78, 5) is 34.3. The number of anilines is 1. The molecule has 0 radical (unpaired) electrons. The van der Waals surface area contributed by atoms with Crippen LogP contribution < -0.4 is 9.64 Å². The SMILES string of the molecule is COc1ccc(C23CCC(CN(c4ncc(F)c(-c5cnn(C(C)C)c5)c4F)C(=O)[C@H]4CC[C@H](OC(=O)N5CC(O)C5)CC4)(CC2)CC3)cc1C. The van der Waals surface area contributed by atoms with Gasteiger partial charge in [-0.2, -0.15) is 5.10 Å². The Labute approximate surface area is 298 Å². The predicted octanol–water partition coefficient (Wildman–Crippen LogP) is 7.12. The summed E-state index contributed by atoms with van der Waals surface area (Å²) in [6.07, 6.45) is 10.3. The molecule has 1 aliphatic heterocycles. The molecular weight excluding hydrogens is 656 g/mol. The van der Waals surface area contributed by atoms with E-state index >= 15 is 8.78 Å². The average Bonchev–Trinajstić information content (AvgIpc) is 3.61. The monoisotopic (exact) mass is 705 g/mol. The number of ether oxygens (including phenoxy) is 2. The number of carbonyl (C=O) groups is 2. The number of carbonyl (C=O) groups excluding carboxylic acids is 2. The molecular formula is C39H49F2N5O5. The number of fused-ring (bicyclic) bond motifs is 3. The Morgan fingerprint density at radius 3 is 2.31 bits per heavy atom. The number of hydrogen-bond donors (Lipinski definition) is 1. The van der Waals surface area contributed by atoms with Crippen molar-refractivity contribution in [2.24, 2.45) is 11.3 Å². The van der Waals surface area contributed by atoms with E-state index in [4.69, 9.17) is 9.47 Å². The maximum Gasteiger partial charge on any atom is 0.410 e. The largest absolute Gasteiger partial charge is 0.496 e. The summed E-state index contributed by atoms with van der Waals surface area (Å²) in [5.74, 6) is -1.60. The first kappa shape index (κ1) is 35.3. The summed E-state index contributed by atoms with van der Waals surface area (Å²) in [5.41, 5.74) is 2.32. The van der Waals surface area contributed by atoms with Crippen molar-refractivity contribution in [1.29, 1.82) is 0 Å². The van der Waals surface area contributed by atoms with Crippen LogP contribution in [0.25, 0.3) is 11.1 Å². The first-order valence-corrected chi connectivity index (χ1v) is 18.4. The van der Waals surface area contributed by atoms with Gasteiger partial charge in [-0.25, -0.2) is 18.6 Å². The quantitative estimate of drug-likeness (QED) is 0.253. The van der Waals surface area contributed by atoms with Gasteiger partial charge in [0.2, 0.25) is 5.91 Å². The van der Waals surface area contributed by atoms with E-state index in [0.29, 0.717) is 37.8 Å². The lowest BCUT2D eigenvalue weighted by molar-refractivity contribution is -0.125. The molecule has 2 amide bonds. The van der Waals surface area contributed by atoms with Gasteiger partial charge in [0, 0.05) is 30.3 Å². The molecule has 8 rings (SSSR count). The molecule has 4 aliphatic carbocycles. The van der Waals surface area contributed by atoms with Crippen molar-refractivity contribution < 1.29 is 33.0 Å². The molecule has 3 heterocycles. The molecule has 5 aliphatic rings. The summed E-state index contributed by atoms with van der Waals surface area (Å²) in [6, 6.07) is 6.48. The van der Waals surface area contributed by atoms with Crippen LogP contribution in [0.15, 0.2) is 36.8 Å². The molecule has 274 valence electrons. The van der Waals surface area contributed by atoms with Crippen LogP contribution in [-0.2, 0) is 14.9 Å². The van der Waals surface area contributed by atoms with E-state index < -0.39 is 29.7 Å². The fourth-order valence-electron chi connectivity index (χ4n) is 8.86. The van der Waals surface area contributed by atoms with Gasteiger partial charge in [0.05, 0.1) is 44.3 Å². The maximum absolute atomic E-state index is 16.7. The number of aromatic nitrogens is 3. The molecule has 10 nitrogen and oxygen atoms in total. The van der Waals surface area contributed by atoms with Crippen LogP contribution in [0.4, 0.5) is 19.4 Å². The number of amides is 2.